The molecular formula is C12H18N4. The maximum Gasteiger partial charge on any atom is 0.124 e. The van der Waals surface area contributed by atoms with Crippen LogP contribution in [0.5, 0.6) is 0 Å². The molecule has 2 aromatic rings. The minimum absolute atomic E-state index is 0.828. The van der Waals surface area contributed by atoms with E-state index in [4.69, 9.17) is 0 Å². The van der Waals surface area contributed by atoms with Crippen LogP contribution in [0, 0.1) is 0 Å². The standard InChI is InChI=1S/C12H18N4/c1-3-4-11-7-12(16(2)15-11)14-9-10-5-6-13-8-10/h5-8,13-14H,3-4,9H2,1-2H3. The number of H-pyrrole nitrogens is 1. The Morgan fingerprint density at radius 2 is 2.38 bits per heavy atom. The van der Waals surface area contributed by atoms with Gasteiger partial charge < -0.3 is 10.3 Å². The first-order chi connectivity index (χ1) is 7.79. The molecule has 0 amide bonds. The number of aromatic nitrogens is 3. The maximum atomic E-state index is 4.45. The fourth-order valence-electron chi connectivity index (χ4n) is 1.73. The molecule has 0 radical (unpaired) electrons. The summed E-state index contributed by atoms with van der Waals surface area (Å²) in [5.74, 6) is 1.07. The monoisotopic (exact) mass is 218 g/mol. The Balaban J connectivity index is 1.98. The normalized spacial score (nSPS) is 10.6. The molecule has 4 nitrogen and oxygen atoms in total. The zero-order valence-electron chi connectivity index (χ0n) is 9.83. The van der Waals surface area contributed by atoms with Crippen LogP contribution in [0.2, 0.25) is 0 Å². The van der Waals surface area contributed by atoms with Gasteiger partial charge in [-0.05, 0) is 18.1 Å². The van der Waals surface area contributed by atoms with Crippen LogP contribution in [0.4, 0.5) is 5.82 Å². The fraction of sp³-hybridized carbons (Fsp3) is 0.417. The maximum absolute atomic E-state index is 4.45. The molecule has 0 aliphatic rings. The first-order valence-electron chi connectivity index (χ1n) is 5.68. The Hall–Kier alpha value is -1.71. The van der Waals surface area contributed by atoms with E-state index in [1.54, 1.807) is 0 Å². The van der Waals surface area contributed by atoms with Crippen molar-refractivity contribution in [1.29, 1.82) is 0 Å². The zero-order chi connectivity index (χ0) is 11.4. The summed E-state index contributed by atoms with van der Waals surface area (Å²) in [5, 5.41) is 7.82. The first kappa shape index (κ1) is 10.8. The van der Waals surface area contributed by atoms with Crippen LogP contribution >= 0.6 is 0 Å². The summed E-state index contributed by atoms with van der Waals surface area (Å²) in [6.07, 6.45) is 6.10. The highest BCUT2D eigenvalue weighted by Gasteiger charge is 2.03. The van der Waals surface area contributed by atoms with Gasteiger partial charge in [0.2, 0.25) is 0 Å². The third-order valence-corrected chi connectivity index (χ3v) is 2.57. The van der Waals surface area contributed by atoms with E-state index in [-0.39, 0.29) is 0 Å². The Morgan fingerprint density at radius 1 is 1.50 bits per heavy atom. The van der Waals surface area contributed by atoms with Crippen molar-refractivity contribution in [3.63, 3.8) is 0 Å². The molecule has 0 fully saturated rings. The predicted octanol–water partition coefficient (Wildman–Crippen LogP) is 2.31. The van der Waals surface area contributed by atoms with Crippen LogP contribution < -0.4 is 5.32 Å². The number of nitrogens with zero attached hydrogens (tertiary/aromatic N) is 2. The molecule has 0 atom stereocenters. The Labute approximate surface area is 95.7 Å². The first-order valence-corrected chi connectivity index (χ1v) is 5.68. The average molecular weight is 218 g/mol. The van der Waals surface area contributed by atoms with Gasteiger partial charge in [0.05, 0.1) is 5.69 Å². The Kier molecular flexibility index (Phi) is 3.29. The van der Waals surface area contributed by atoms with Crippen LogP contribution in [-0.4, -0.2) is 14.8 Å². The Morgan fingerprint density at radius 3 is 3.06 bits per heavy atom. The van der Waals surface area contributed by atoms with Gasteiger partial charge in [0.15, 0.2) is 0 Å². The molecule has 2 aromatic heterocycles. The molecule has 2 N–H and O–H groups in total. The molecule has 16 heavy (non-hydrogen) atoms. The summed E-state index contributed by atoms with van der Waals surface area (Å²) in [7, 11) is 1.97. The molecule has 0 aromatic carbocycles. The van der Waals surface area contributed by atoms with E-state index < -0.39 is 0 Å². The van der Waals surface area contributed by atoms with E-state index in [9.17, 15) is 0 Å². The van der Waals surface area contributed by atoms with Gasteiger partial charge in [0, 0.05) is 32.1 Å². The molecule has 4 heteroatoms. The van der Waals surface area contributed by atoms with Gasteiger partial charge in [-0.15, -0.1) is 0 Å². The van der Waals surface area contributed by atoms with Crippen molar-refractivity contribution in [2.24, 2.45) is 7.05 Å². The lowest BCUT2D eigenvalue weighted by molar-refractivity contribution is 0.735. The summed E-state index contributed by atoms with van der Waals surface area (Å²) >= 11 is 0. The number of aromatic amines is 1. The average Bonchev–Trinajstić information content (AvgIpc) is 2.86. The highest BCUT2D eigenvalue weighted by Crippen LogP contribution is 2.12. The minimum atomic E-state index is 0.828. The van der Waals surface area contributed by atoms with Gasteiger partial charge in [-0.1, -0.05) is 13.3 Å². The summed E-state index contributed by atoms with van der Waals surface area (Å²) in [6, 6.07) is 4.19. The van der Waals surface area contributed by atoms with Crippen molar-refractivity contribution in [3.8, 4) is 0 Å². The lowest BCUT2D eigenvalue weighted by Crippen LogP contribution is -2.03. The minimum Gasteiger partial charge on any atom is -0.367 e. The summed E-state index contributed by atoms with van der Waals surface area (Å²) < 4.78 is 1.90. The fourth-order valence-corrected chi connectivity index (χ4v) is 1.73. The van der Waals surface area contributed by atoms with E-state index in [2.05, 4.69) is 34.5 Å². The zero-order valence-corrected chi connectivity index (χ0v) is 9.83. The highest BCUT2D eigenvalue weighted by atomic mass is 15.3. The van der Waals surface area contributed by atoms with E-state index in [1.165, 1.54) is 5.56 Å². The van der Waals surface area contributed by atoms with E-state index in [1.807, 2.05) is 24.1 Å². The molecule has 2 heterocycles. The largest absolute Gasteiger partial charge is 0.367 e. The van der Waals surface area contributed by atoms with E-state index in [0.29, 0.717) is 0 Å². The molecule has 0 aliphatic heterocycles. The topological polar surface area (TPSA) is 45.6 Å². The molecule has 0 saturated carbocycles. The number of hydrogen-bond donors (Lipinski definition) is 2. The van der Waals surface area contributed by atoms with Crippen molar-refractivity contribution >= 4 is 5.82 Å². The van der Waals surface area contributed by atoms with Crippen molar-refractivity contribution in [2.75, 3.05) is 5.32 Å². The number of nitrogens with one attached hydrogen (secondary N) is 2. The van der Waals surface area contributed by atoms with Gasteiger partial charge in [-0.3, -0.25) is 4.68 Å². The molecule has 86 valence electrons. The predicted molar refractivity (Wildman–Crippen MR) is 65.3 cm³/mol. The van der Waals surface area contributed by atoms with Gasteiger partial charge in [-0.25, -0.2) is 0 Å². The Bertz CT molecular complexity index is 428. The molecule has 2 rings (SSSR count). The third kappa shape index (κ3) is 2.45. The van der Waals surface area contributed by atoms with Crippen molar-refractivity contribution in [2.45, 2.75) is 26.3 Å². The molecule has 0 saturated heterocycles. The number of rotatable bonds is 5. The van der Waals surface area contributed by atoms with E-state index >= 15 is 0 Å². The second kappa shape index (κ2) is 4.88. The van der Waals surface area contributed by atoms with Gasteiger partial charge >= 0.3 is 0 Å². The summed E-state index contributed by atoms with van der Waals surface area (Å²) in [4.78, 5) is 3.04. The smallest absolute Gasteiger partial charge is 0.124 e. The highest BCUT2D eigenvalue weighted by molar-refractivity contribution is 5.37. The van der Waals surface area contributed by atoms with Crippen LogP contribution in [0.1, 0.15) is 24.6 Å². The number of hydrogen-bond acceptors (Lipinski definition) is 2. The van der Waals surface area contributed by atoms with Crippen LogP contribution in [-0.2, 0) is 20.0 Å². The van der Waals surface area contributed by atoms with Gasteiger partial charge in [-0.2, -0.15) is 5.10 Å². The van der Waals surface area contributed by atoms with Crippen LogP contribution in [0.3, 0.4) is 0 Å². The summed E-state index contributed by atoms with van der Waals surface area (Å²) in [6.45, 7) is 3.00. The summed E-state index contributed by atoms with van der Waals surface area (Å²) in [5.41, 5.74) is 2.40. The SMILES string of the molecule is CCCc1cc(NCc2cc[nH]c2)n(C)n1. The molecular weight excluding hydrogens is 200 g/mol. The third-order valence-electron chi connectivity index (χ3n) is 2.57. The number of aryl methyl sites for hydroxylation is 2. The second-order valence-corrected chi connectivity index (χ2v) is 3.97. The lowest BCUT2D eigenvalue weighted by atomic mass is 10.2. The van der Waals surface area contributed by atoms with Gasteiger partial charge in [0.1, 0.15) is 5.82 Å². The molecule has 0 spiro atoms. The second-order valence-electron chi connectivity index (χ2n) is 3.97. The molecule has 0 bridgehead atoms. The molecule has 0 aliphatic carbocycles. The van der Waals surface area contributed by atoms with Gasteiger partial charge in [0.25, 0.3) is 0 Å². The van der Waals surface area contributed by atoms with Crippen LogP contribution in [0.15, 0.2) is 24.5 Å². The van der Waals surface area contributed by atoms with Crippen molar-refractivity contribution in [3.05, 3.63) is 35.8 Å². The molecule has 0 unspecified atom stereocenters. The lowest BCUT2D eigenvalue weighted by Gasteiger charge is -2.03. The van der Waals surface area contributed by atoms with Crippen LogP contribution in [0.25, 0.3) is 0 Å². The van der Waals surface area contributed by atoms with Crippen molar-refractivity contribution in [1.82, 2.24) is 14.8 Å². The van der Waals surface area contributed by atoms with Crippen molar-refractivity contribution < 1.29 is 0 Å². The van der Waals surface area contributed by atoms with E-state index in [0.717, 1.165) is 30.9 Å². The quantitative estimate of drug-likeness (QED) is 0.809. The number of anilines is 1.